The van der Waals surface area contributed by atoms with Crippen molar-refractivity contribution in [2.45, 2.75) is 19.8 Å². The smallest absolute Gasteiger partial charge is 0.165 e. The van der Waals surface area contributed by atoms with E-state index in [1.54, 1.807) is 12.4 Å². The Kier molecular flexibility index (Phi) is 2.72. The van der Waals surface area contributed by atoms with Crippen LogP contribution in [-0.2, 0) is 0 Å². The van der Waals surface area contributed by atoms with E-state index in [1.165, 1.54) is 6.33 Å². The molecule has 0 aliphatic rings. The molecule has 1 rings (SSSR count). The fourth-order valence-corrected chi connectivity index (χ4v) is 0.814. The predicted octanol–water partition coefficient (Wildman–Crippen LogP) is 1.46. The summed E-state index contributed by atoms with van der Waals surface area (Å²) in [5.74, 6) is 0.119. The summed E-state index contributed by atoms with van der Waals surface area (Å²) in [5.41, 5.74) is 0.606. The van der Waals surface area contributed by atoms with Crippen LogP contribution in [-0.4, -0.2) is 15.8 Å². The van der Waals surface area contributed by atoms with Crippen LogP contribution in [0.1, 0.15) is 30.1 Å². The quantitative estimate of drug-likeness (QED) is 0.612. The van der Waals surface area contributed by atoms with Crippen molar-refractivity contribution in [3.05, 3.63) is 24.3 Å². The summed E-state index contributed by atoms with van der Waals surface area (Å²) in [4.78, 5) is 18.7. The van der Waals surface area contributed by atoms with Gasteiger partial charge in [-0.1, -0.05) is 6.92 Å². The van der Waals surface area contributed by atoms with E-state index in [1.807, 2.05) is 6.92 Å². The summed E-state index contributed by atoms with van der Waals surface area (Å²) in [5, 5.41) is 0. The maximum atomic E-state index is 11.2. The molecule has 0 unspecified atom stereocenters. The second kappa shape index (κ2) is 3.81. The van der Waals surface area contributed by atoms with Crippen LogP contribution in [0.3, 0.4) is 0 Å². The van der Waals surface area contributed by atoms with Crippen LogP contribution in [0, 0.1) is 0 Å². The standard InChI is InChI=1S/C8H10N2O/c1-2-3-8(11)7-4-9-6-10-5-7/h4-6H,2-3H2,1H3. The maximum absolute atomic E-state index is 11.2. The van der Waals surface area contributed by atoms with Gasteiger partial charge in [0.05, 0.1) is 5.56 Å². The molecule has 0 saturated carbocycles. The summed E-state index contributed by atoms with van der Waals surface area (Å²) < 4.78 is 0. The molecule has 1 aromatic rings. The first-order valence-electron chi connectivity index (χ1n) is 3.62. The third kappa shape index (κ3) is 2.11. The molecule has 3 nitrogen and oxygen atoms in total. The molecule has 0 N–H and O–H groups in total. The first-order chi connectivity index (χ1) is 5.34. The van der Waals surface area contributed by atoms with Gasteiger partial charge in [0.15, 0.2) is 5.78 Å². The number of carbonyl (C=O) groups excluding carboxylic acids is 1. The lowest BCUT2D eigenvalue weighted by atomic mass is 10.1. The molecule has 0 spiro atoms. The molecule has 1 heterocycles. The lowest BCUT2D eigenvalue weighted by Gasteiger charge is -1.94. The van der Waals surface area contributed by atoms with E-state index in [0.717, 1.165) is 6.42 Å². The number of carbonyl (C=O) groups is 1. The van der Waals surface area contributed by atoms with E-state index in [0.29, 0.717) is 12.0 Å². The van der Waals surface area contributed by atoms with Crippen molar-refractivity contribution >= 4 is 5.78 Å². The third-order valence-electron chi connectivity index (χ3n) is 1.36. The van der Waals surface area contributed by atoms with Crippen LogP contribution < -0.4 is 0 Å². The van der Waals surface area contributed by atoms with E-state index in [2.05, 4.69) is 9.97 Å². The minimum atomic E-state index is 0.119. The summed E-state index contributed by atoms with van der Waals surface area (Å²) in [6.45, 7) is 1.97. The van der Waals surface area contributed by atoms with Crippen molar-refractivity contribution < 1.29 is 4.79 Å². The van der Waals surface area contributed by atoms with E-state index >= 15 is 0 Å². The van der Waals surface area contributed by atoms with Crippen LogP contribution >= 0.6 is 0 Å². The number of ketones is 1. The molecular weight excluding hydrogens is 140 g/mol. The Morgan fingerprint density at radius 3 is 2.64 bits per heavy atom. The van der Waals surface area contributed by atoms with E-state index in [-0.39, 0.29) is 5.78 Å². The van der Waals surface area contributed by atoms with Crippen molar-refractivity contribution in [3.63, 3.8) is 0 Å². The molecule has 11 heavy (non-hydrogen) atoms. The van der Waals surface area contributed by atoms with E-state index < -0.39 is 0 Å². The van der Waals surface area contributed by atoms with Gasteiger partial charge in [0.1, 0.15) is 6.33 Å². The van der Waals surface area contributed by atoms with Gasteiger partial charge in [-0.25, -0.2) is 9.97 Å². The van der Waals surface area contributed by atoms with Gasteiger partial charge in [-0.2, -0.15) is 0 Å². The first kappa shape index (κ1) is 7.85. The minimum Gasteiger partial charge on any atom is -0.294 e. The number of hydrogen-bond donors (Lipinski definition) is 0. The molecule has 0 atom stereocenters. The van der Waals surface area contributed by atoms with E-state index in [9.17, 15) is 4.79 Å². The molecule has 0 aliphatic carbocycles. The van der Waals surface area contributed by atoms with Crippen molar-refractivity contribution in [1.29, 1.82) is 0 Å². The van der Waals surface area contributed by atoms with Crippen molar-refractivity contribution in [1.82, 2.24) is 9.97 Å². The fraction of sp³-hybridized carbons (Fsp3) is 0.375. The Morgan fingerprint density at radius 1 is 1.45 bits per heavy atom. The number of rotatable bonds is 3. The molecule has 0 aromatic carbocycles. The number of Topliss-reactive ketones (excluding diaryl/α,β-unsaturated/α-hetero) is 1. The highest BCUT2D eigenvalue weighted by Gasteiger charge is 2.02. The lowest BCUT2D eigenvalue weighted by Crippen LogP contribution is -1.98. The Morgan fingerprint density at radius 2 is 2.09 bits per heavy atom. The Labute approximate surface area is 65.5 Å². The van der Waals surface area contributed by atoms with Gasteiger partial charge in [-0.15, -0.1) is 0 Å². The van der Waals surface area contributed by atoms with Crippen LogP contribution in [0.15, 0.2) is 18.7 Å². The van der Waals surface area contributed by atoms with Gasteiger partial charge in [-0.3, -0.25) is 4.79 Å². The second-order valence-electron chi connectivity index (χ2n) is 2.30. The Bertz CT molecular complexity index is 233. The molecular formula is C8H10N2O. The third-order valence-corrected chi connectivity index (χ3v) is 1.36. The average molecular weight is 150 g/mol. The molecule has 58 valence electrons. The normalized spacial score (nSPS) is 9.55. The van der Waals surface area contributed by atoms with Crippen molar-refractivity contribution in [3.8, 4) is 0 Å². The molecule has 0 saturated heterocycles. The highest BCUT2D eigenvalue weighted by atomic mass is 16.1. The van der Waals surface area contributed by atoms with Gasteiger partial charge in [0, 0.05) is 18.8 Å². The zero-order valence-electron chi connectivity index (χ0n) is 6.45. The molecule has 1 aromatic heterocycles. The largest absolute Gasteiger partial charge is 0.294 e. The van der Waals surface area contributed by atoms with Crippen LogP contribution in [0.4, 0.5) is 0 Å². The first-order valence-corrected chi connectivity index (χ1v) is 3.62. The summed E-state index contributed by atoms with van der Waals surface area (Å²) in [7, 11) is 0. The van der Waals surface area contributed by atoms with Gasteiger partial charge < -0.3 is 0 Å². The Balaban J connectivity index is 2.69. The monoisotopic (exact) mass is 150 g/mol. The lowest BCUT2D eigenvalue weighted by molar-refractivity contribution is 0.0981. The zero-order valence-corrected chi connectivity index (χ0v) is 6.45. The molecule has 0 radical (unpaired) electrons. The SMILES string of the molecule is CCCC(=O)c1cncnc1. The van der Waals surface area contributed by atoms with E-state index in [4.69, 9.17) is 0 Å². The molecule has 0 bridgehead atoms. The second-order valence-corrected chi connectivity index (χ2v) is 2.30. The topological polar surface area (TPSA) is 42.9 Å². The Hall–Kier alpha value is -1.25. The molecule has 0 aliphatic heterocycles. The highest BCUT2D eigenvalue weighted by Crippen LogP contribution is 2.00. The van der Waals surface area contributed by atoms with Crippen LogP contribution in [0.2, 0.25) is 0 Å². The summed E-state index contributed by atoms with van der Waals surface area (Å²) in [6, 6.07) is 0. The fourth-order valence-electron chi connectivity index (χ4n) is 0.814. The number of hydrogen-bond acceptors (Lipinski definition) is 3. The highest BCUT2D eigenvalue weighted by molar-refractivity contribution is 5.95. The van der Waals surface area contributed by atoms with Gasteiger partial charge in [-0.05, 0) is 6.42 Å². The molecule has 3 heteroatoms. The minimum absolute atomic E-state index is 0.119. The summed E-state index contributed by atoms with van der Waals surface area (Å²) in [6.07, 6.45) is 5.96. The number of aromatic nitrogens is 2. The molecule has 0 amide bonds. The zero-order chi connectivity index (χ0) is 8.10. The van der Waals surface area contributed by atoms with Gasteiger partial charge in [0.2, 0.25) is 0 Å². The maximum Gasteiger partial charge on any atom is 0.165 e. The molecule has 0 fully saturated rings. The predicted molar refractivity (Wildman–Crippen MR) is 41.3 cm³/mol. The van der Waals surface area contributed by atoms with Crippen LogP contribution in [0.5, 0.6) is 0 Å². The summed E-state index contributed by atoms with van der Waals surface area (Å²) >= 11 is 0. The number of nitrogens with zero attached hydrogens (tertiary/aromatic N) is 2. The van der Waals surface area contributed by atoms with Gasteiger partial charge >= 0.3 is 0 Å². The van der Waals surface area contributed by atoms with Gasteiger partial charge in [0.25, 0.3) is 0 Å². The van der Waals surface area contributed by atoms with Crippen molar-refractivity contribution in [2.24, 2.45) is 0 Å². The van der Waals surface area contributed by atoms with Crippen molar-refractivity contribution in [2.75, 3.05) is 0 Å². The average Bonchev–Trinajstić information content (AvgIpc) is 2.07. The van der Waals surface area contributed by atoms with Crippen LogP contribution in [0.25, 0.3) is 0 Å².